The van der Waals surface area contributed by atoms with Crippen molar-refractivity contribution in [2.75, 3.05) is 6.54 Å². The molecule has 3 unspecified atom stereocenters. The van der Waals surface area contributed by atoms with E-state index in [1.807, 2.05) is 18.2 Å². The lowest BCUT2D eigenvalue weighted by atomic mass is 10.1. The van der Waals surface area contributed by atoms with E-state index in [-0.39, 0.29) is 12.1 Å². The summed E-state index contributed by atoms with van der Waals surface area (Å²) in [5, 5.41) is 13.2. The Morgan fingerprint density at radius 1 is 1.14 bits per heavy atom. The van der Waals surface area contributed by atoms with Crippen molar-refractivity contribution < 1.29 is 13.9 Å². The van der Waals surface area contributed by atoms with Crippen LogP contribution < -0.4 is 5.32 Å². The molecule has 0 heterocycles. The van der Waals surface area contributed by atoms with Crippen LogP contribution in [-0.2, 0) is 0 Å². The first kappa shape index (κ1) is 14.2. The SMILES string of the molecule is OC(CNC1CC1c1ccccc1)c1ccc(F)cc1F. The van der Waals surface area contributed by atoms with E-state index in [0.717, 1.165) is 18.6 Å². The van der Waals surface area contributed by atoms with Gasteiger partial charge in [-0.05, 0) is 18.1 Å². The molecule has 2 aromatic carbocycles. The summed E-state index contributed by atoms with van der Waals surface area (Å²) in [6.45, 7) is 0.260. The van der Waals surface area contributed by atoms with E-state index in [2.05, 4.69) is 17.4 Å². The van der Waals surface area contributed by atoms with Gasteiger partial charge in [-0.1, -0.05) is 36.4 Å². The lowest BCUT2D eigenvalue weighted by molar-refractivity contribution is 0.169. The summed E-state index contributed by atoms with van der Waals surface area (Å²) in [6.07, 6.45) is 0.0467. The van der Waals surface area contributed by atoms with Crippen molar-refractivity contribution >= 4 is 0 Å². The van der Waals surface area contributed by atoms with Crippen molar-refractivity contribution in [3.63, 3.8) is 0 Å². The maximum Gasteiger partial charge on any atom is 0.131 e. The summed E-state index contributed by atoms with van der Waals surface area (Å²) >= 11 is 0. The molecule has 1 fully saturated rings. The van der Waals surface area contributed by atoms with Crippen LogP contribution in [0, 0.1) is 11.6 Å². The molecule has 1 aliphatic carbocycles. The summed E-state index contributed by atoms with van der Waals surface area (Å²) in [7, 11) is 0. The molecule has 2 nitrogen and oxygen atoms in total. The second-order valence-electron chi connectivity index (χ2n) is 5.45. The van der Waals surface area contributed by atoms with Crippen LogP contribution in [0.1, 0.15) is 29.6 Å². The largest absolute Gasteiger partial charge is 0.387 e. The van der Waals surface area contributed by atoms with Crippen molar-refractivity contribution in [3.05, 3.63) is 71.3 Å². The molecule has 2 aromatic rings. The Hall–Kier alpha value is -1.78. The smallest absolute Gasteiger partial charge is 0.131 e. The second kappa shape index (κ2) is 5.92. The highest BCUT2D eigenvalue weighted by Gasteiger charge is 2.38. The topological polar surface area (TPSA) is 32.3 Å². The molecule has 21 heavy (non-hydrogen) atoms. The molecule has 0 aliphatic heterocycles. The van der Waals surface area contributed by atoms with Crippen LogP contribution in [0.4, 0.5) is 8.78 Å². The average molecular weight is 289 g/mol. The third kappa shape index (κ3) is 3.28. The standard InChI is InChI=1S/C17H17F2NO/c18-12-6-7-13(15(19)8-12)17(21)10-20-16-9-14(16)11-4-2-1-3-5-11/h1-8,14,16-17,20-21H,9-10H2. The minimum atomic E-state index is -0.970. The van der Waals surface area contributed by atoms with Crippen LogP contribution in [0.3, 0.4) is 0 Å². The molecule has 1 saturated carbocycles. The minimum Gasteiger partial charge on any atom is -0.387 e. The zero-order valence-corrected chi connectivity index (χ0v) is 11.5. The summed E-state index contributed by atoms with van der Waals surface area (Å²) in [6, 6.07) is 13.7. The van der Waals surface area contributed by atoms with Crippen molar-refractivity contribution in [2.45, 2.75) is 24.5 Å². The van der Waals surface area contributed by atoms with Gasteiger partial charge in [-0.25, -0.2) is 8.78 Å². The van der Waals surface area contributed by atoms with Crippen LogP contribution in [0.2, 0.25) is 0 Å². The molecular formula is C17H17F2NO. The molecule has 1 aliphatic rings. The summed E-state index contributed by atoms with van der Waals surface area (Å²) < 4.78 is 26.4. The molecule has 110 valence electrons. The summed E-state index contributed by atoms with van der Waals surface area (Å²) in [5.74, 6) is -0.890. The van der Waals surface area contributed by atoms with Gasteiger partial charge >= 0.3 is 0 Å². The zero-order chi connectivity index (χ0) is 14.8. The first-order valence-electron chi connectivity index (χ1n) is 7.06. The Balaban J connectivity index is 1.54. The predicted molar refractivity (Wildman–Crippen MR) is 76.9 cm³/mol. The quantitative estimate of drug-likeness (QED) is 0.886. The maximum absolute atomic E-state index is 13.6. The van der Waals surface area contributed by atoms with Crippen LogP contribution in [-0.4, -0.2) is 17.7 Å². The molecular weight excluding hydrogens is 272 g/mol. The number of halogens is 2. The third-order valence-corrected chi connectivity index (χ3v) is 3.91. The second-order valence-corrected chi connectivity index (χ2v) is 5.45. The first-order valence-corrected chi connectivity index (χ1v) is 7.06. The Kier molecular flexibility index (Phi) is 3.99. The molecule has 2 N–H and O–H groups in total. The number of aliphatic hydroxyl groups excluding tert-OH is 1. The van der Waals surface area contributed by atoms with Gasteiger partial charge in [0.2, 0.25) is 0 Å². The third-order valence-electron chi connectivity index (χ3n) is 3.91. The van der Waals surface area contributed by atoms with Gasteiger partial charge in [0.25, 0.3) is 0 Å². The number of hydrogen-bond acceptors (Lipinski definition) is 2. The van der Waals surface area contributed by atoms with Gasteiger partial charge < -0.3 is 10.4 Å². The van der Waals surface area contributed by atoms with Gasteiger partial charge in [-0.15, -0.1) is 0 Å². The number of hydrogen-bond donors (Lipinski definition) is 2. The normalized spacial score (nSPS) is 22.0. The maximum atomic E-state index is 13.6. The monoisotopic (exact) mass is 289 g/mol. The number of benzene rings is 2. The van der Waals surface area contributed by atoms with Crippen molar-refractivity contribution in [3.8, 4) is 0 Å². The minimum absolute atomic E-state index is 0.126. The predicted octanol–water partition coefficient (Wildman–Crippen LogP) is 3.14. The van der Waals surface area contributed by atoms with Crippen LogP contribution in [0.15, 0.2) is 48.5 Å². The van der Waals surface area contributed by atoms with E-state index in [4.69, 9.17) is 0 Å². The van der Waals surface area contributed by atoms with Gasteiger partial charge in [0.05, 0.1) is 6.10 Å². The highest BCUT2D eigenvalue weighted by molar-refractivity contribution is 5.28. The molecule has 0 saturated heterocycles. The Morgan fingerprint density at radius 3 is 2.62 bits per heavy atom. The van der Waals surface area contributed by atoms with Crippen LogP contribution in [0.25, 0.3) is 0 Å². The van der Waals surface area contributed by atoms with Gasteiger partial charge in [0.1, 0.15) is 11.6 Å². The van der Waals surface area contributed by atoms with Crippen LogP contribution in [0.5, 0.6) is 0 Å². The Morgan fingerprint density at radius 2 is 1.90 bits per heavy atom. The highest BCUT2D eigenvalue weighted by Crippen LogP contribution is 2.40. The van der Waals surface area contributed by atoms with Crippen molar-refractivity contribution in [2.24, 2.45) is 0 Å². The fourth-order valence-corrected chi connectivity index (χ4v) is 2.63. The first-order chi connectivity index (χ1) is 10.1. The van der Waals surface area contributed by atoms with E-state index in [1.165, 1.54) is 11.6 Å². The molecule has 0 bridgehead atoms. The highest BCUT2D eigenvalue weighted by atomic mass is 19.1. The van der Waals surface area contributed by atoms with Crippen molar-refractivity contribution in [1.29, 1.82) is 0 Å². The number of aliphatic hydroxyl groups is 1. The molecule has 0 amide bonds. The summed E-state index contributed by atoms with van der Waals surface area (Å²) in [5.41, 5.74) is 1.40. The molecule has 0 aromatic heterocycles. The van der Waals surface area contributed by atoms with E-state index in [9.17, 15) is 13.9 Å². The molecule has 3 rings (SSSR count). The Bertz CT molecular complexity index is 617. The van der Waals surface area contributed by atoms with Gasteiger partial charge in [0, 0.05) is 30.1 Å². The molecule has 3 atom stereocenters. The van der Waals surface area contributed by atoms with Gasteiger partial charge in [-0.3, -0.25) is 0 Å². The van der Waals surface area contributed by atoms with Crippen molar-refractivity contribution in [1.82, 2.24) is 5.32 Å². The average Bonchev–Trinajstić information content (AvgIpc) is 3.25. The zero-order valence-electron chi connectivity index (χ0n) is 11.5. The van der Waals surface area contributed by atoms with Gasteiger partial charge in [-0.2, -0.15) is 0 Å². The fourth-order valence-electron chi connectivity index (χ4n) is 2.63. The van der Waals surface area contributed by atoms with E-state index >= 15 is 0 Å². The van der Waals surface area contributed by atoms with Gasteiger partial charge in [0.15, 0.2) is 0 Å². The number of rotatable bonds is 5. The lowest BCUT2D eigenvalue weighted by Gasteiger charge is -2.13. The Labute approximate surface area is 122 Å². The van der Waals surface area contributed by atoms with E-state index < -0.39 is 17.7 Å². The van der Waals surface area contributed by atoms with E-state index in [0.29, 0.717) is 12.0 Å². The fraction of sp³-hybridized carbons (Fsp3) is 0.294. The van der Waals surface area contributed by atoms with Crippen LogP contribution >= 0.6 is 0 Å². The molecule has 0 radical (unpaired) electrons. The van der Waals surface area contributed by atoms with E-state index in [1.54, 1.807) is 0 Å². The number of nitrogens with one attached hydrogen (secondary N) is 1. The summed E-state index contributed by atoms with van der Waals surface area (Å²) in [4.78, 5) is 0. The molecule has 4 heteroatoms. The lowest BCUT2D eigenvalue weighted by Crippen LogP contribution is -2.25. The molecule has 0 spiro atoms.